The minimum Gasteiger partial charge on any atom is -0.495 e. The number of para-hydroxylation sites is 2. The number of rotatable bonds is 5. The number of piperazine rings is 1. The quantitative estimate of drug-likeness (QED) is 0.805. The Bertz CT molecular complexity index is 926. The number of carbonyl (C=O) groups is 3. The molecule has 7 heteroatoms. The smallest absolute Gasteiger partial charge is 0.316 e. The van der Waals surface area contributed by atoms with E-state index in [0.717, 1.165) is 11.1 Å². The third-order valence-corrected chi connectivity index (χ3v) is 4.83. The molecule has 0 bridgehead atoms. The number of hydrogen-bond acceptors (Lipinski definition) is 4. The van der Waals surface area contributed by atoms with E-state index in [9.17, 15) is 14.4 Å². The topological polar surface area (TPSA) is 79.0 Å². The molecular formula is C21H23N3O4. The Balaban J connectivity index is 1.66. The van der Waals surface area contributed by atoms with E-state index in [1.54, 1.807) is 24.3 Å². The van der Waals surface area contributed by atoms with Gasteiger partial charge in [-0.2, -0.15) is 0 Å². The summed E-state index contributed by atoms with van der Waals surface area (Å²) in [6.07, 6.45) is 0. The molecule has 0 radical (unpaired) electrons. The van der Waals surface area contributed by atoms with Gasteiger partial charge in [0.15, 0.2) is 0 Å². The molecule has 7 nitrogen and oxygen atoms in total. The lowest BCUT2D eigenvalue weighted by atomic mass is 10.1. The molecule has 0 aliphatic carbocycles. The van der Waals surface area contributed by atoms with Crippen LogP contribution in [-0.2, 0) is 14.4 Å². The minimum absolute atomic E-state index is 0.191. The van der Waals surface area contributed by atoms with E-state index in [1.165, 1.54) is 16.9 Å². The Morgan fingerprint density at radius 3 is 2.50 bits per heavy atom. The van der Waals surface area contributed by atoms with Crippen molar-refractivity contribution in [2.24, 2.45) is 0 Å². The number of methoxy groups -OCH3 is 1. The molecule has 146 valence electrons. The first kappa shape index (κ1) is 19.4. The van der Waals surface area contributed by atoms with Gasteiger partial charge < -0.3 is 19.9 Å². The van der Waals surface area contributed by atoms with Gasteiger partial charge in [-0.15, -0.1) is 0 Å². The first-order valence-corrected chi connectivity index (χ1v) is 9.01. The zero-order valence-electron chi connectivity index (χ0n) is 16.2. The Morgan fingerprint density at radius 1 is 1.04 bits per heavy atom. The number of benzene rings is 2. The summed E-state index contributed by atoms with van der Waals surface area (Å²) in [6.45, 7) is 4.39. The molecule has 0 aromatic heterocycles. The normalized spacial score (nSPS) is 14.2. The SMILES string of the molecule is COc1ccccc1NC(=O)CN1CCN(c2ccc(C)c(C)c2)C(=O)C1=O. The molecule has 1 N–H and O–H groups in total. The van der Waals surface area contributed by atoms with Crippen LogP contribution in [0.2, 0.25) is 0 Å². The van der Waals surface area contributed by atoms with Crippen LogP contribution in [0.5, 0.6) is 5.75 Å². The number of ether oxygens (including phenoxy) is 1. The van der Waals surface area contributed by atoms with Gasteiger partial charge in [0.25, 0.3) is 0 Å². The van der Waals surface area contributed by atoms with E-state index < -0.39 is 11.8 Å². The summed E-state index contributed by atoms with van der Waals surface area (Å²) in [6, 6.07) is 12.7. The fraction of sp³-hybridized carbons (Fsp3) is 0.286. The summed E-state index contributed by atoms with van der Waals surface area (Å²) < 4.78 is 5.20. The van der Waals surface area contributed by atoms with E-state index in [1.807, 2.05) is 32.0 Å². The van der Waals surface area contributed by atoms with Crippen LogP contribution in [0.1, 0.15) is 11.1 Å². The van der Waals surface area contributed by atoms with Gasteiger partial charge in [0.05, 0.1) is 12.8 Å². The van der Waals surface area contributed by atoms with Gasteiger partial charge in [-0.1, -0.05) is 18.2 Å². The van der Waals surface area contributed by atoms with Gasteiger partial charge in [0.2, 0.25) is 5.91 Å². The highest BCUT2D eigenvalue weighted by molar-refractivity contribution is 6.41. The van der Waals surface area contributed by atoms with Crippen LogP contribution in [-0.4, -0.2) is 49.4 Å². The van der Waals surface area contributed by atoms with Crippen LogP contribution in [0.15, 0.2) is 42.5 Å². The highest BCUT2D eigenvalue weighted by atomic mass is 16.5. The van der Waals surface area contributed by atoms with Crippen molar-refractivity contribution >= 4 is 29.1 Å². The van der Waals surface area contributed by atoms with Crippen molar-refractivity contribution in [2.45, 2.75) is 13.8 Å². The van der Waals surface area contributed by atoms with Crippen LogP contribution in [0.4, 0.5) is 11.4 Å². The summed E-state index contributed by atoms with van der Waals surface area (Å²) in [5.74, 6) is -1.16. The lowest BCUT2D eigenvalue weighted by Crippen LogP contribution is -2.56. The van der Waals surface area contributed by atoms with Gasteiger partial charge in [-0.25, -0.2) is 0 Å². The first-order valence-electron chi connectivity index (χ1n) is 9.01. The predicted octanol–water partition coefficient (Wildman–Crippen LogP) is 2.13. The predicted molar refractivity (Wildman–Crippen MR) is 106 cm³/mol. The lowest BCUT2D eigenvalue weighted by Gasteiger charge is -2.33. The molecule has 2 aromatic rings. The molecule has 3 amide bonds. The fourth-order valence-electron chi connectivity index (χ4n) is 3.08. The van der Waals surface area contributed by atoms with Gasteiger partial charge >= 0.3 is 11.8 Å². The van der Waals surface area contributed by atoms with Gasteiger partial charge in [-0.05, 0) is 49.2 Å². The maximum atomic E-state index is 12.6. The van der Waals surface area contributed by atoms with E-state index in [2.05, 4.69) is 5.32 Å². The summed E-state index contributed by atoms with van der Waals surface area (Å²) in [5, 5.41) is 2.72. The third kappa shape index (κ3) is 3.98. The largest absolute Gasteiger partial charge is 0.495 e. The Hall–Kier alpha value is -3.35. The highest BCUT2D eigenvalue weighted by Gasteiger charge is 2.34. The molecule has 2 aromatic carbocycles. The fourth-order valence-corrected chi connectivity index (χ4v) is 3.08. The van der Waals surface area contributed by atoms with Crippen LogP contribution in [0, 0.1) is 13.8 Å². The van der Waals surface area contributed by atoms with E-state index in [0.29, 0.717) is 23.7 Å². The third-order valence-electron chi connectivity index (χ3n) is 4.83. The van der Waals surface area contributed by atoms with Gasteiger partial charge in [0.1, 0.15) is 12.3 Å². The number of aryl methyl sites for hydroxylation is 2. The van der Waals surface area contributed by atoms with Crippen LogP contribution in [0.25, 0.3) is 0 Å². The van der Waals surface area contributed by atoms with Crippen molar-refractivity contribution in [3.63, 3.8) is 0 Å². The average molecular weight is 381 g/mol. The number of carbonyl (C=O) groups excluding carboxylic acids is 3. The second-order valence-electron chi connectivity index (χ2n) is 6.70. The van der Waals surface area contributed by atoms with Crippen molar-refractivity contribution in [2.75, 3.05) is 37.0 Å². The molecule has 1 fully saturated rings. The van der Waals surface area contributed by atoms with Gasteiger partial charge in [0, 0.05) is 18.8 Å². The number of nitrogens with zero attached hydrogens (tertiary/aromatic N) is 2. The second kappa shape index (κ2) is 8.12. The summed E-state index contributed by atoms with van der Waals surface area (Å²) >= 11 is 0. The minimum atomic E-state index is -0.681. The zero-order valence-corrected chi connectivity index (χ0v) is 16.2. The molecule has 28 heavy (non-hydrogen) atoms. The molecule has 0 saturated carbocycles. The van der Waals surface area contributed by atoms with Crippen molar-refractivity contribution in [1.82, 2.24) is 4.90 Å². The van der Waals surface area contributed by atoms with Crippen LogP contribution in [0.3, 0.4) is 0 Å². The zero-order chi connectivity index (χ0) is 20.3. The van der Waals surface area contributed by atoms with E-state index in [4.69, 9.17) is 4.74 Å². The summed E-state index contributed by atoms with van der Waals surface area (Å²) in [7, 11) is 1.51. The number of nitrogens with one attached hydrogen (secondary N) is 1. The van der Waals surface area contributed by atoms with E-state index >= 15 is 0 Å². The Labute approximate surface area is 163 Å². The maximum absolute atomic E-state index is 12.6. The molecule has 0 spiro atoms. The monoisotopic (exact) mass is 381 g/mol. The lowest BCUT2D eigenvalue weighted by molar-refractivity contribution is -0.147. The number of amides is 3. The molecule has 0 atom stereocenters. The number of anilines is 2. The molecule has 1 aliphatic rings. The van der Waals surface area contributed by atoms with Crippen LogP contribution >= 0.6 is 0 Å². The molecule has 3 rings (SSSR count). The Kier molecular flexibility index (Phi) is 5.63. The molecule has 1 saturated heterocycles. The highest BCUT2D eigenvalue weighted by Crippen LogP contribution is 2.24. The van der Waals surface area contributed by atoms with Crippen LogP contribution < -0.4 is 15.0 Å². The average Bonchev–Trinajstić information content (AvgIpc) is 2.68. The number of hydrogen-bond donors (Lipinski definition) is 1. The second-order valence-corrected chi connectivity index (χ2v) is 6.70. The summed E-state index contributed by atoms with van der Waals surface area (Å²) in [4.78, 5) is 40.1. The van der Waals surface area contributed by atoms with Crippen molar-refractivity contribution in [3.8, 4) is 5.75 Å². The Morgan fingerprint density at radius 2 is 1.79 bits per heavy atom. The van der Waals surface area contributed by atoms with Crippen molar-refractivity contribution in [1.29, 1.82) is 0 Å². The van der Waals surface area contributed by atoms with Crippen molar-refractivity contribution in [3.05, 3.63) is 53.6 Å². The molecular weight excluding hydrogens is 358 g/mol. The van der Waals surface area contributed by atoms with Crippen molar-refractivity contribution < 1.29 is 19.1 Å². The molecule has 1 heterocycles. The standard InChI is InChI=1S/C21H23N3O4/c1-14-8-9-16(12-15(14)2)24-11-10-23(20(26)21(24)27)13-19(25)22-17-6-4-5-7-18(17)28-3/h4-9,12H,10-11,13H2,1-3H3,(H,22,25). The van der Waals surface area contributed by atoms with Gasteiger partial charge in [-0.3, -0.25) is 14.4 Å². The maximum Gasteiger partial charge on any atom is 0.316 e. The molecule has 0 unspecified atom stereocenters. The summed E-state index contributed by atoms with van der Waals surface area (Å²) in [5.41, 5.74) is 3.38. The van der Waals surface area contributed by atoms with E-state index in [-0.39, 0.29) is 19.0 Å². The first-order chi connectivity index (χ1) is 13.4. The molecule has 1 aliphatic heterocycles.